The monoisotopic (exact) mass is 277 g/mol. The van der Waals surface area contributed by atoms with Gasteiger partial charge >= 0.3 is 0 Å². The summed E-state index contributed by atoms with van der Waals surface area (Å²) in [5.41, 5.74) is 4.68. The molecule has 2 N–H and O–H groups in total. The molecule has 0 atom stereocenters. The van der Waals surface area contributed by atoms with Crippen molar-refractivity contribution < 1.29 is 9.50 Å². The number of benzene rings is 1. The van der Waals surface area contributed by atoms with E-state index in [1.54, 1.807) is 4.68 Å². The third-order valence-electron chi connectivity index (χ3n) is 3.35. The Morgan fingerprint density at radius 2 is 2.00 bits per heavy atom. The normalized spacial score (nSPS) is 10.8. The summed E-state index contributed by atoms with van der Waals surface area (Å²) in [6, 6.07) is 4.89. The Balaban J connectivity index is 2.14. The van der Waals surface area contributed by atoms with Crippen molar-refractivity contribution in [2.24, 2.45) is 0 Å². The van der Waals surface area contributed by atoms with E-state index >= 15 is 0 Å². The summed E-state index contributed by atoms with van der Waals surface area (Å²) in [6.07, 6.45) is 0. The fraction of sp³-hybridized carbons (Fsp3) is 0.400. The maximum Gasteiger partial charge on any atom is 0.125 e. The Bertz CT molecular complexity index is 587. The molecular weight excluding hydrogens is 257 g/mol. The first-order valence-corrected chi connectivity index (χ1v) is 6.66. The minimum absolute atomic E-state index is 0.0674. The summed E-state index contributed by atoms with van der Waals surface area (Å²) in [6.45, 7) is 6.93. The number of nitrogens with one attached hydrogen (secondary N) is 1. The van der Waals surface area contributed by atoms with E-state index in [-0.39, 0.29) is 12.4 Å². The first kappa shape index (κ1) is 14.5. The van der Waals surface area contributed by atoms with Gasteiger partial charge in [-0.05, 0) is 44.5 Å². The van der Waals surface area contributed by atoms with E-state index in [1.165, 1.54) is 12.1 Å². The molecule has 2 rings (SSSR count). The van der Waals surface area contributed by atoms with Crippen LogP contribution in [0.2, 0.25) is 0 Å². The average molecular weight is 277 g/mol. The van der Waals surface area contributed by atoms with Crippen LogP contribution in [0.1, 0.15) is 22.5 Å². The number of hydrogen-bond acceptors (Lipinski definition) is 3. The van der Waals surface area contributed by atoms with Crippen LogP contribution in [-0.4, -0.2) is 21.5 Å². The lowest BCUT2D eigenvalue weighted by Crippen LogP contribution is -2.07. The molecule has 0 aliphatic carbocycles. The molecule has 2 aromatic rings. The fourth-order valence-electron chi connectivity index (χ4n) is 2.33. The van der Waals surface area contributed by atoms with Crippen molar-refractivity contribution in [2.75, 3.05) is 11.9 Å². The van der Waals surface area contributed by atoms with Gasteiger partial charge in [-0.2, -0.15) is 5.10 Å². The van der Waals surface area contributed by atoms with Crippen molar-refractivity contribution in [3.63, 3.8) is 0 Å². The first-order valence-electron chi connectivity index (χ1n) is 6.66. The van der Waals surface area contributed by atoms with Gasteiger partial charge in [0.1, 0.15) is 5.82 Å². The summed E-state index contributed by atoms with van der Waals surface area (Å²) < 4.78 is 15.1. The smallest absolute Gasteiger partial charge is 0.125 e. The van der Waals surface area contributed by atoms with E-state index < -0.39 is 0 Å². The number of rotatable bonds is 5. The number of aryl methyl sites for hydroxylation is 2. The van der Waals surface area contributed by atoms with E-state index in [4.69, 9.17) is 5.11 Å². The zero-order chi connectivity index (χ0) is 14.7. The second kappa shape index (κ2) is 6.05. The van der Waals surface area contributed by atoms with Crippen LogP contribution in [0.25, 0.3) is 0 Å². The van der Waals surface area contributed by atoms with Crippen molar-refractivity contribution >= 4 is 5.69 Å². The van der Waals surface area contributed by atoms with E-state index in [2.05, 4.69) is 10.4 Å². The number of halogens is 1. The highest BCUT2D eigenvalue weighted by Gasteiger charge is 2.11. The van der Waals surface area contributed by atoms with Crippen molar-refractivity contribution in [3.05, 3.63) is 46.5 Å². The van der Waals surface area contributed by atoms with Crippen molar-refractivity contribution in [1.29, 1.82) is 0 Å². The van der Waals surface area contributed by atoms with Crippen LogP contribution in [-0.2, 0) is 13.1 Å². The summed E-state index contributed by atoms with van der Waals surface area (Å²) in [4.78, 5) is 0. The van der Waals surface area contributed by atoms with Crippen LogP contribution >= 0.6 is 0 Å². The third-order valence-corrected chi connectivity index (χ3v) is 3.35. The molecule has 20 heavy (non-hydrogen) atoms. The number of nitrogens with zero attached hydrogens (tertiary/aromatic N) is 2. The molecule has 0 spiro atoms. The quantitative estimate of drug-likeness (QED) is 0.883. The van der Waals surface area contributed by atoms with Gasteiger partial charge in [-0.3, -0.25) is 4.68 Å². The highest BCUT2D eigenvalue weighted by atomic mass is 19.1. The SMILES string of the molecule is Cc1cc(F)cc(NCc2c(C)nn(CCO)c2C)c1. The largest absolute Gasteiger partial charge is 0.394 e. The predicted octanol–water partition coefficient (Wildman–Crippen LogP) is 2.55. The molecule has 0 amide bonds. The molecule has 0 unspecified atom stereocenters. The second-order valence-corrected chi connectivity index (χ2v) is 4.97. The van der Waals surface area contributed by atoms with E-state index in [0.717, 1.165) is 28.2 Å². The third kappa shape index (κ3) is 3.17. The topological polar surface area (TPSA) is 50.1 Å². The lowest BCUT2D eigenvalue weighted by molar-refractivity contribution is 0.268. The van der Waals surface area contributed by atoms with Gasteiger partial charge in [-0.1, -0.05) is 0 Å². The zero-order valence-corrected chi connectivity index (χ0v) is 12.1. The molecule has 0 saturated carbocycles. The summed E-state index contributed by atoms with van der Waals surface area (Å²) in [7, 11) is 0. The first-order chi connectivity index (χ1) is 9.51. The summed E-state index contributed by atoms with van der Waals surface area (Å²) >= 11 is 0. The lowest BCUT2D eigenvalue weighted by Gasteiger charge is -2.08. The standard InChI is InChI=1S/C15H20FN3O/c1-10-6-13(16)8-14(7-10)17-9-15-11(2)18-19(4-5-20)12(15)3/h6-8,17,20H,4-5,9H2,1-3H3. The molecule has 1 aromatic carbocycles. The van der Waals surface area contributed by atoms with Crippen molar-refractivity contribution in [2.45, 2.75) is 33.9 Å². The molecule has 0 bridgehead atoms. The molecule has 1 heterocycles. The highest BCUT2D eigenvalue weighted by molar-refractivity contribution is 5.47. The number of aromatic nitrogens is 2. The number of aliphatic hydroxyl groups excluding tert-OH is 1. The molecule has 0 radical (unpaired) electrons. The molecule has 5 heteroatoms. The van der Waals surface area contributed by atoms with Gasteiger partial charge in [0.05, 0.1) is 18.8 Å². The summed E-state index contributed by atoms with van der Waals surface area (Å²) in [5.74, 6) is -0.239. The molecule has 4 nitrogen and oxygen atoms in total. The van der Waals surface area contributed by atoms with Gasteiger partial charge in [0.15, 0.2) is 0 Å². The van der Waals surface area contributed by atoms with Crippen LogP contribution < -0.4 is 5.32 Å². The maximum atomic E-state index is 13.3. The molecule has 108 valence electrons. The number of aliphatic hydroxyl groups is 1. The van der Waals surface area contributed by atoms with Gasteiger partial charge in [0.25, 0.3) is 0 Å². The van der Waals surface area contributed by atoms with Crippen LogP contribution in [0.5, 0.6) is 0 Å². The maximum absolute atomic E-state index is 13.3. The van der Waals surface area contributed by atoms with E-state index in [9.17, 15) is 4.39 Å². The molecule has 0 saturated heterocycles. The van der Waals surface area contributed by atoms with Gasteiger partial charge in [-0.15, -0.1) is 0 Å². The van der Waals surface area contributed by atoms with Crippen LogP contribution in [0.15, 0.2) is 18.2 Å². The zero-order valence-electron chi connectivity index (χ0n) is 12.1. The Kier molecular flexibility index (Phi) is 4.39. The molecular formula is C15H20FN3O. The molecule has 0 aliphatic rings. The predicted molar refractivity (Wildman–Crippen MR) is 77.3 cm³/mol. The Labute approximate surface area is 118 Å². The minimum Gasteiger partial charge on any atom is -0.394 e. The Morgan fingerprint density at radius 1 is 1.25 bits per heavy atom. The van der Waals surface area contributed by atoms with Crippen LogP contribution in [0, 0.1) is 26.6 Å². The van der Waals surface area contributed by atoms with E-state index in [0.29, 0.717) is 13.1 Å². The van der Waals surface area contributed by atoms with Gasteiger partial charge in [0, 0.05) is 23.5 Å². The van der Waals surface area contributed by atoms with Crippen LogP contribution in [0.4, 0.5) is 10.1 Å². The van der Waals surface area contributed by atoms with E-state index in [1.807, 2.05) is 26.8 Å². The minimum atomic E-state index is -0.239. The average Bonchev–Trinajstić information content (AvgIpc) is 2.62. The van der Waals surface area contributed by atoms with Crippen molar-refractivity contribution in [3.8, 4) is 0 Å². The van der Waals surface area contributed by atoms with Gasteiger partial charge < -0.3 is 10.4 Å². The lowest BCUT2D eigenvalue weighted by atomic mass is 10.1. The van der Waals surface area contributed by atoms with Gasteiger partial charge in [0.2, 0.25) is 0 Å². The fourth-order valence-corrected chi connectivity index (χ4v) is 2.33. The molecule has 0 fully saturated rings. The van der Waals surface area contributed by atoms with Gasteiger partial charge in [-0.25, -0.2) is 4.39 Å². The number of hydrogen-bond donors (Lipinski definition) is 2. The Hall–Kier alpha value is -1.88. The highest BCUT2D eigenvalue weighted by Crippen LogP contribution is 2.18. The molecule has 1 aromatic heterocycles. The molecule has 0 aliphatic heterocycles. The Morgan fingerprint density at radius 3 is 2.65 bits per heavy atom. The second-order valence-electron chi connectivity index (χ2n) is 4.97. The number of anilines is 1. The summed E-state index contributed by atoms with van der Waals surface area (Å²) in [5, 5.41) is 16.6. The van der Waals surface area contributed by atoms with Crippen molar-refractivity contribution in [1.82, 2.24) is 9.78 Å². The van der Waals surface area contributed by atoms with Crippen LogP contribution in [0.3, 0.4) is 0 Å².